The number of halogens is 1. The molecular weight excluding hydrogens is 262 g/mol. The van der Waals surface area contributed by atoms with Gasteiger partial charge in [0.15, 0.2) is 0 Å². The van der Waals surface area contributed by atoms with E-state index in [0.717, 1.165) is 19.6 Å². The second-order valence-corrected chi connectivity index (χ2v) is 5.49. The van der Waals surface area contributed by atoms with Crippen molar-refractivity contribution in [1.29, 1.82) is 0 Å². The Bertz CT molecular complexity index is 302. The van der Waals surface area contributed by atoms with Crippen LogP contribution in [0.4, 0.5) is 0 Å². The average molecular weight is 276 g/mol. The number of hydrogen-bond donors (Lipinski definition) is 1. The fourth-order valence-electron chi connectivity index (χ4n) is 1.68. The third-order valence-corrected chi connectivity index (χ3v) is 4.23. The molecule has 0 bridgehead atoms. The summed E-state index contributed by atoms with van der Waals surface area (Å²) in [6, 6.07) is 2.69. The molecule has 1 aliphatic heterocycles. The normalized spacial score (nSPS) is 27.0. The van der Waals surface area contributed by atoms with Crippen molar-refractivity contribution >= 4 is 27.3 Å². The van der Waals surface area contributed by atoms with Gasteiger partial charge < -0.3 is 10.1 Å². The van der Waals surface area contributed by atoms with Gasteiger partial charge in [-0.15, -0.1) is 11.3 Å². The summed E-state index contributed by atoms with van der Waals surface area (Å²) >= 11 is 5.24. The molecular formula is C10H14BrNOS. The largest absolute Gasteiger partial charge is 0.377 e. The first-order valence-electron chi connectivity index (χ1n) is 4.83. The zero-order valence-electron chi connectivity index (χ0n) is 8.13. The zero-order valence-corrected chi connectivity index (χ0v) is 10.5. The van der Waals surface area contributed by atoms with E-state index in [1.807, 2.05) is 0 Å². The molecule has 4 heteroatoms. The summed E-state index contributed by atoms with van der Waals surface area (Å²) in [5.41, 5.74) is 0. The Morgan fingerprint density at radius 2 is 2.57 bits per heavy atom. The predicted molar refractivity (Wildman–Crippen MR) is 62.7 cm³/mol. The first kappa shape index (κ1) is 10.6. The van der Waals surface area contributed by atoms with Gasteiger partial charge in [-0.3, -0.25) is 0 Å². The lowest BCUT2D eigenvalue weighted by Crippen LogP contribution is -2.33. The molecule has 0 radical (unpaired) electrons. The molecule has 2 atom stereocenters. The lowest BCUT2D eigenvalue weighted by molar-refractivity contribution is 0.113. The van der Waals surface area contributed by atoms with E-state index in [1.165, 1.54) is 9.35 Å². The second-order valence-electron chi connectivity index (χ2n) is 3.58. The Morgan fingerprint density at radius 1 is 1.71 bits per heavy atom. The van der Waals surface area contributed by atoms with Crippen molar-refractivity contribution in [2.45, 2.75) is 32.0 Å². The molecule has 2 nitrogen and oxygen atoms in total. The highest BCUT2D eigenvalue weighted by atomic mass is 79.9. The number of rotatable bonds is 3. The van der Waals surface area contributed by atoms with E-state index in [-0.39, 0.29) is 0 Å². The maximum Gasteiger partial charge on any atom is 0.0700 e. The number of ether oxygens (including phenoxy) is 1. The smallest absolute Gasteiger partial charge is 0.0700 e. The van der Waals surface area contributed by atoms with Gasteiger partial charge in [-0.2, -0.15) is 0 Å². The third kappa shape index (κ3) is 2.57. The van der Waals surface area contributed by atoms with Crippen LogP contribution in [0.25, 0.3) is 0 Å². The topological polar surface area (TPSA) is 21.3 Å². The fraction of sp³-hybridized carbons (Fsp3) is 0.600. The minimum Gasteiger partial charge on any atom is -0.377 e. The van der Waals surface area contributed by atoms with Gasteiger partial charge in [-0.25, -0.2) is 0 Å². The SMILES string of the molecule is C[C@@H]1OCC[C@@H]1NCc1cc(Br)cs1. The van der Waals surface area contributed by atoms with Crippen LogP contribution in [-0.4, -0.2) is 18.8 Å². The fourth-order valence-corrected chi connectivity index (χ4v) is 3.08. The van der Waals surface area contributed by atoms with E-state index in [0.29, 0.717) is 12.1 Å². The molecule has 0 aliphatic carbocycles. The Morgan fingerprint density at radius 3 is 3.14 bits per heavy atom. The molecule has 1 aromatic heterocycles. The molecule has 1 N–H and O–H groups in total. The molecule has 2 rings (SSSR count). The van der Waals surface area contributed by atoms with E-state index in [1.54, 1.807) is 11.3 Å². The zero-order chi connectivity index (χ0) is 9.97. The maximum atomic E-state index is 5.49. The summed E-state index contributed by atoms with van der Waals surface area (Å²) in [4.78, 5) is 1.37. The van der Waals surface area contributed by atoms with Crippen LogP contribution < -0.4 is 5.32 Å². The van der Waals surface area contributed by atoms with Crippen molar-refractivity contribution in [3.63, 3.8) is 0 Å². The van der Waals surface area contributed by atoms with Crippen LogP contribution in [0, 0.1) is 0 Å². The van der Waals surface area contributed by atoms with Crippen molar-refractivity contribution in [3.05, 3.63) is 20.8 Å². The van der Waals surface area contributed by atoms with Crippen molar-refractivity contribution in [2.24, 2.45) is 0 Å². The first-order valence-corrected chi connectivity index (χ1v) is 6.51. The van der Waals surface area contributed by atoms with Gasteiger partial charge in [0.2, 0.25) is 0 Å². The van der Waals surface area contributed by atoms with Crippen molar-refractivity contribution < 1.29 is 4.74 Å². The second kappa shape index (κ2) is 4.75. The van der Waals surface area contributed by atoms with E-state index < -0.39 is 0 Å². The Labute approximate surface area is 96.8 Å². The van der Waals surface area contributed by atoms with Crippen LogP contribution >= 0.6 is 27.3 Å². The van der Waals surface area contributed by atoms with Crippen LogP contribution in [0.15, 0.2) is 15.9 Å². The van der Waals surface area contributed by atoms with Gasteiger partial charge in [0.1, 0.15) is 0 Å². The first-order chi connectivity index (χ1) is 6.75. The molecule has 1 saturated heterocycles. The van der Waals surface area contributed by atoms with E-state index in [2.05, 4.69) is 39.6 Å². The van der Waals surface area contributed by atoms with Gasteiger partial charge in [0.05, 0.1) is 6.10 Å². The molecule has 1 fully saturated rings. The summed E-state index contributed by atoms with van der Waals surface area (Å²) in [7, 11) is 0. The predicted octanol–water partition coefficient (Wildman–Crippen LogP) is 2.78. The Hall–Kier alpha value is 0.1000. The molecule has 2 heterocycles. The van der Waals surface area contributed by atoms with Crippen molar-refractivity contribution in [1.82, 2.24) is 5.32 Å². The summed E-state index contributed by atoms with van der Waals surface area (Å²) in [6.07, 6.45) is 1.49. The summed E-state index contributed by atoms with van der Waals surface area (Å²) < 4.78 is 6.67. The minimum absolute atomic E-state index is 0.360. The Kier molecular flexibility index (Phi) is 3.60. The molecule has 0 amide bonds. The molecule has 78 valence electrons. The number of nitrogens with one attached hydrogen (secondary N) is 1. The van der Waals surface area contributed by atoms with E-state index in [9.17, 15) is 0 Å². The third-order valence-electron chi connectivity index (χ3n) is 2.54. The summed E-state index contributed by atoms with van der Waals surface area (Å²) in [5, 5.41) is 5.64. The lowest BCUT2D eigenvalue weighted by atomic mass is 10.1. The van der Waals surface area contributed by atoms with Crippen LogP contribution in [-0.2, 0) is 11.3 Å². The van der Waals surface area contributed by atoms with E-state index >= 15 is 0 Å². The van der Waals surface area contributed by atoms with Crippen LogP contribution in [0.5, 0.6) is 0 Å². The minimum atomic E-state index is 0.360. The van der Waals surface area contributed by atoms with Crippen LogP contribution in [0.1, 0.15) is 18.2 Å². The number of thiophene rings is 1. The number of hydrogen-bond acceptors (Lipinski definition) is 3. The van der Waals surface area contributed by atoms with Gasteiger partial charge in [0, 0.05) is 33.9 Å². The highest BCUT2D eigenvalue weighted by Gasteiger charge is 2.23. The average Bonchev–Trinajstić information content (AvgIpc) is 2.72. The van der Waals surface area contributed by atoms with Gasteiger partial charge in [0.25, 0.3) is 0 Å². The van der Waals surface area contributed by atoms with Crippen molar-refractivity contribution in [3.8, 4) is 0 Å². The Balaban J connectivity index is 1.82. The van der Waals surface area contributed by atoms with Gasteiger partial charge in [-0.1, -0.05) is 0 Å². The summed E-state index contributed by atoms with van der Waals surface area (Å²) in [5.74, 6) is 0. The highest BCUT2D eigenvalue weighted by Crippen LogP contribution is 2.20. The standard InChI is InChI=1S/C10H14BrNOS/c1-7-10(2-3-13-7)12-5-9-4-8(11)6-14-9/h4,6-7,10,12H,2-3,5H2,1H3/t7-,10-/m0/s1. The highest BCUT2D eigenvalue weighted by molar-refractivity contribution is 9.10. The molecule has 0 saturated carbocycles. The van der Waals surface area contributed by atoms with Gasteiger partial charge in [-0.05, 0) is 35.3 Å². The van der Waals surface area contributed by atoms with Crippen LogP contribution in [0.2, 0.25) is 0 Å². The van der Waals surface area contributed by atoms with E-state index in [4.69, 9.17) is 4.74 Å². The van der Waals surface area contributed by atoms with Crippen LogP contribution in [0.3, 0.4) is 0 Å². The molecule has 0 aromatic carbocycles. The molecule has 0 unspecified atom stereocenters. The molecule has 0 spiro atoms. The lowest BCUT2D eigenvalue weighted by Gasteiger charge is -2.14. The maximum absolute atomic E-state index is 5.49. The monoisotopic (exact) mass is 275 g/mol. The summed E-state index contributed by atoms with van der Waals surface area (Å²) in [6.45, 7) is 3.98. The van der Waals surface area contributed by atoms with Gasteiger partial charge >= 0.3 is 0 Å². The molecule has 14 heavy (non-hydrogen) atoms. The molecule has 1 aliphatic rings. The van der Waals surface area contributed by atoms with Crippen molar-refractivity contribution in [2.75, 3.05) is 6.61 Å². The molecule has 1 aromatic rings. The quantitative estimate of drug-likeness (QED) is 0.916.